The maximum absolute atomic E-state index is 3.56. The lowest BCUT2D eigenvalue weighted by Gasteiger charge is -2.33. The predicted octanol–water partition coefficient (Wildman–Crippen LogP) is 5.16. The highest BCUT2D eigenvalue weighted by molar-refractivity contribution is 5.80. The second-order valence-electron chi connectivity index (χ2n) is 7.24. The van der Waals surface area contributed by atoms with E-state index in [1.54, 1.807) is 5.56 Å². The highest BCUT2D eigenvalue weighted by Crippen LogP contribution is 2.33. The highest BCUT2D eigenvalue weighted by Gasteiger charge is 2.23. The summed E-state index contributed by atoms with van der Waals surface area (Å²) in [6, 6.07) is 17.5. The van der Waals surface area contributed by atoms with Gasteiger partial charge in [-0.2, -0.15) is 0 Å². The SMILES string of the molecule is Cc1cccc(C)c1C1CCN(Cc2cc3ccccc3[nH]2)CC1. The number of likely N-dealkylation sites (tertiary alicyclic amines) is 1. The lowest BCUT2D eigenvalue weighted by Crippen LogP contribution is -2.33. The smallest absolute Gasteiger partial charge is 0.0456 e. The third-order valence-electron chi connectivity index (χ3n) is 5.52. The number of nitrogens with zero attached hydrogens (tertiary/aromatic N) is 1. The molecular weight excluding hydrogens is 292 g/mol. The van der Waals surface area contributed by atoms with Crippen molar-refractivity contribution in [3.05, 3.63) is 70.9 Å². The predicted molar refractivity (Wildman–Crippen MR) is 101 cm³/mol. The minimum atomic E-state index is 0.727. The van der Waals surface area contributed by atoms with Crippen LogP contribution in [0.25, 0.3) is 10.9 Å². The van der Waals surface area contributed by atoms with E-state index < -0.39 is 0 Å². The normalized spacial score (nSPS) is 16.8. The summed E-state index contributed by atoms with van der Waals surface area (Å²) in [4.78, 5) is 6.15. The second-order valence-corrected chi connectivity index (χ2v) is 7.24. The fraction of sp³-hybridized carbons (Fsp3) is 0.364. The Hall–Kier alpha value is -2.06. The molecule has 0 atom stereocenters. The number of aromatic amines is 1. The minimum Gasteiger partial charge on any atom is -0.357 e. The Morgan fingerprint density at radius 1 is 0.958 bits per heavy atom. The largest absolute Gasteiger partial charge is 0.357 e. The van der Waals surface area contributed by atoms with Crippen LogP contribution in [0.1, 0.15) is 41.1 Å². The number of nitrogens with one attached hydrogen (secondary N) is 1. The summed E-state index contributed by atoms with van der Waals surface area (Å²) >= 11 is 0. The van der Waals surface area contributed by atoms with Crippen LogP contribution >= 0.6 is 0 Å². The van der Waals surface area contributed by atoms with E-state index in [0.29, 0.717) is 0 Å². The monoisotopic (exact) mass is 318 g/mol. The molecule has 1 fully saturated rings. The summed E-state index contributed by atoms with van der Waals surface area (Å²) in [5.74, 6) is 0.727. The molecule has 1 aliphatic heterocycles. The summed E-state index contributed by atoms with van der Waals surface area (Å²) < 4.78 is 0. The van der Waals surface area contributed by atoms with E-state index in [9.17, 15) is 0 Å². The van der Waals surface area contributed by atoms with Gasteiger partial charge in [-0.05, 0) is 79.9 Å². The number of aryl methyl sites for hydroxylation is 2. The van der Waals surface area contributed by atoms with Crippen LogP contribution in [0.2, 0.25) is 0 Å². The molecule has 0 unspecified atom stereocenters. The molecule has 1 aliphatic rings. The number of H-pyrrole nitrogens is 1. The molecule has 3 aromatic rings. The number of hydrogen-bond acceptors (Lipinski definition) is 1. The Bertz CT molecular complexity index is 785. The summed E-state index contributed by atoms with van der Waals surface area (Å²) in [7, 11) is 0. The van der Waals surface area contributed by atoms with E-state index in [4.69, 9.17) is 0 Å². The number of piperidine rings is 1. The highest BCUT2D eigenvalue weighted by atomic mass is 15.1. The second kappa shape index (κ2) is 6.45. The van der Waals surface area contributed by atoms with Crippen molar-refractivity contribution in [1.29, 1.82) is 0 Å². The molecular formula is C22H26N2. The van der Waals surface area contributed by atoms with Crippen LogP contribution in [0.3, 0.4) is 0 Å². The summed E-state index contributed by atoms with van der Waals surface area (Å²) in [5, 5.41) is 1.32. The van der Waals surface area contributed by atoms with Gasteiger partial charge in [-0.15, -0.1) is 0 Å². The van der Waals surface area contributed by atoms with Gasteiger partial charge in [-0.1, -0.05) is 36.4 Å². The van der Waals surface area contributed by atoms with Crippen molar-refractivity contribution in [3.8, 4) is 0 Å². The van der Waals surface area contributed by atoms with Gasteiger partial charge in [0.25, 0.3) is 0 Å². The van der Waals surface area contributed by atoms with Crippen molar-refractivity contribution in [2.45, 2.75) is 39.2 Å². The molecule has 1 N–H and O–H groups in total. The quantitative estimate of drug-likeness (QED) is 0.706. The molecule has 0 bridgehead atoms. The molecule has 2 heterocycles. The molecule has 1 aromatic heterocycles. The fourth-order valence-electron chi connectivity index (χ4n) is 4.31. The molecule has 0 spiro atoms. The number of fused-ring (bicyclic) bond motifs is 1. The zero-order valence-corrected chi connectivity index (χ0v) is 14.7. The zero-order valence-electron chi connectivity index (χ0n) is 14.7. The van der Waals surface area contributed by atoms with Gasteiger partial charge < -0.3 is 4.98 Å². The average Bonchev–Trinajstić information content (AvgIpc) is 2.98. The van der Waals surface area contributed by atoms with Crippen LogP contribution in [-0.4, -0.2) is 23.0 Å². The lowest BCUT2D eigenvalue weighted by molar-refractivity contribution is 0.202. The Labute approximate surface area is 144 Å². The van der Waals surface area contributed by atoms with E-state index in [-0.39, 0.29) is 0 Å². The summed E-state index contributed by atoms with van der Waals surface area (Å²) in [6.07, 6.45) is 2.54. The van der Waals surface area contributed by atoms with Gasteiger partial charge in [0, 0.05) is 17.8 Å². The Morgan fingerprint density at radius 2 is 1.67 bits per heavy atom. The first-order valence-corrected chi connectivity index (χ1v) is 9.06. The molecule has 0 saturated carbocycles. The van der Waals surface area contributed by atoms with Crippen LogP contribution in [0.4, 0.5) is 0 Å². The maximum atomic E-state index is 3.56. The zero-order chi connectivity index (χ0) is 16.5. The van der Waals surface area contributed by atoms with Crippen molar-refractivity contribution in [3.63, 3.8) is 0 Å². The van der Waals surface area contributed by atoms with Gasteiger partial charge in [-0.3, -0.25) is 4.90 Å². The number of rotatable bonds is 3. The van der Waals surface area contributed by atoms with Gasteiger partial charge in [0.2, 0.25) is 0 Å². The van der Waals surface area contributed by atoms with E-state index in [0.717, 1.165) is 12.5 Å². The molecule has 0 amide bonds. The number of para-hydroxylation sites is 1. The number of benzene rings is 2. The third kappa shape index (κ3) is 2.99. The minimum absolute atomic E-state index is 0.727. The van der Waals surface area contributed by atoms with Crippen molar-refractivity contribution in [1.82, 2.24) is 9.88 Å². The summed E-state index contributed by atoms with van der Waals surface area (Å²) in [6.45, 7) is 7.94. The average molecular weight is 318 g/mol. The van der Waals surface area contributed by atoms with E-state index >= 15 is 0 Å². The van der Waals surface area contributed by atoms with Crippen molar-refractivity contribution in [2.24, 2.45) is 0 Å². The van der Waals surface area contributed by atoms with Gasteiger partial charge in [-0.25, -0.2) is 0 Å². The van der Waals surface area contributed by atoms with Crippen LogP contribution in [0.15, 0.2) is 48.5 Å². The van der Waals surface area contributed by atoms with E-state index in [1.807, 2.05) is 0 Å². The first-order chi connectivity index (χ1) is 11.7. The Morgan fingerprint density at radius 3 is 2.38 bits per heavy atom. The topological polar surface area (TPSA) is 19.0 Å². The van der Waals surface area contributed by atoms with E-state index in [2.05, 4.69) is 72.3 Å². The molecule has 2 nitrogen and oxygen atoms in total. The van der Waals surface area contributed by atoms with Gasteiger partial charge >= 0.3 is 0 Å². The van der Waals surface area contributed by atoms with Crippen molar-refractivity contribution < 1.29 is 0 Å². The van der Waals surface area contributed by atoms with Crippen LogP contribution < -0.4 is 0 Å². The molecule has 0 aliphatic carbocycles. The van der Waals surface area contributed by atoms with E-state index in [1.165, 1.54) is 53.7 Å². The fourth-order valence-corrected chi connectivity index (χ4v) is 4.31. The molecule has 0 radical (unpaired) electrons. The van der Waals surface area contributed by atoms with Crippen LogP contribution in [-0.2, 0) is 6.54 Å². The van der Waals surface area contributed by atoms with Crippen LogP contribution in [0.5, 0.6) is 0 Å². The molecule has 1 saturated heterocycles. The lowest BCUT2D eigenvalue weighted by atomic mass is 9.84. The molecule has 4 rings (SSSR count). The van der Waals surface area contributed by atoms with Crippen molar-refractivity contribution >= 4 is 10.9 Å². The number of hydrogen-bond donors (Lipinski definition) is 1. The number of aromatic nitrogens is 1. The standard InChI is InChI=1S/C22H26N2/c1-16-6-5-7-17(2)22(16)18-10-12-24(13-11-18)15-20-14-19-8-3-4-9-21(19)23-20/h3-9,14,18,23H,10-13,15H2,1-2H3. The van der Waals surface area contributed by atoms with Crippen molar-refractivity contribution in [2.75, 3.05) is 13.1 Å². The first kappa shape index (κ1) is 15.5. The molecule has 2 heteroatoms. The maximum Gasteiger partial charge on any atom is 0.0456 e. The molecule has 24 heavy (non-hydrogen) atoms. The van der Waals surface area contributed by atoms with Crippen LogP contribution in [0, 0.1) is 13.8 Å². The third-order valence-corrected chi connectivity index (χ3v) is 5.52. The van der Waals surface area contributed by atoms with Gasteiger partial charge in [0.05, 0.1) is 0 Å². The summed E-state index contributed by atoms with van der Waals surface area (Å²) in [5.41, 5.74) is 7.11. The first-order valence-electron chi connectivity index (χ1n) is 9.06. The molecule has 124 valence electrons. The van der Waals surface area contributed by atoms with Gasteiger partial charge in [0.1, 0.15) is 0 Å². The van der Waals surface area contributed by atoms with Gasteiger partial charge in [0.15, 0.2) is 0 Å². The Kier molecular flexibility index (Phi) is 4.15. The molecule has 2 aromatic carbocycles. The Balaban J connectivity index is 1.43.